The topological polar surface area (TPSA) is 98.7 Å². The number of para-hydroxylation sites is 1. The maximum atomic E-state index is 13.5. The zero-order chi connectivity index (χ0) is 20.4. The molecule has 4 aromatic rings. The van der Waals surface area contributed by atoms with Gasteiger partial charge in [-0.15, -0.1) is 0 Å². The molecule has 0 spiro atoms. The Labute approximate surface area is 172 Å². The fourth-order valence-corrected chi connectivity index (χ4v) is 3.50. The van der Waals surface area contributed by atoms with E-state index in [4.69, 9.17) is 22.3 Å². The molecule has 4 rings (SSSR count). The summed E-state index contributed by atoms with van der Waals surface area (Å²) in [4.78, 5) is 26.4. The Hall–Kier alpha value is -3.45. The summed E-state index contributed by atoms with van der Waals surface area (Å²) in [5.41, 5.74) is 6.82. The van der Waals surface area contributed by atoms with E-state index in [1.807, 2.05) is 37.3 Å². The summed E-state index contributed by atoms with van der Waals surface area (Å²) in [6.45, 7) is 2.01. The van der Waals surface area contributed by atoms with Crippen molar-refractivity contribution in [2.24, 2.45) is 0 Å². The van der Waals surface area contributed by atoms with E-state index in [-0.39, 0.29) is 11.6 Å². The number of nitrogens with zero attached hydrogens (tertiary/aromatic N) is 4. The Balaban J connectivity index is 1.95. The quantitative estimate of drug-likeness (QED) is 0.520. The Morgan fingerprint density at radius 3 is 2.66 bits per heavy atom. The molecule has 0 bridgehead atoms. The molecule has 0 saturated carbocycles. The smallest absolute Gasteiger partial charge is 0.267 e. The van der Waals surface area contributed by atoms with Gasteiger partial charge in [-0.2, -0.15) is 0 Å². The van der Waals surface area contributed by atoms with Gasteiger partial charge >= 0.3 is 0 Å². The molecular formula is C21H19ClN6O. The highest BCUT2D eigenvalue weighted by atomic mass is 35.5. The van der Waals surface area contributed by atoms with E-state index in [2.05, 4.69) is 15.3 Å². The lowest BCUT2D eigenvalue weighted by molar-refractivity contribution is 0.658. The van der Waals surface area contributed by atoms with Crippen molar-refractivity contribution in [2.75, 3.05) is 11.1 Å². The number of hydrogen-bond acceptors (Lipinski definition) is 6. The van der Waals surface area contributed by atoms with Crippen LogP contribution >= 0.6 is 11.6 Å². The van der Waals surface area contributed by atoms with Crippen molar-refractivity contribution in [1.82, 2.24) is 19.5 Å². The molecule has 146 valence electrons. The van der Waals surface area contributed by atoms with Crippen molar-refractivity contribution in [3.63, 3.8) is 0 Å². The van der Waals surface area contributed by atoms with Crippen LogP contribution in [0.1, 0.15) is 25.2 Å². The van der Waals surface area contributed by atoms with Crippen molar-refractivity contribution < 1.29 is 0 Å². The summed E-state index contributed by atoms with van der Waals surface area (Å²) in [6.07, 6.45) is 2.05. The van der Waals surface area contributed by atoms with Crippen LogP contribution in [0, 0.1) is 0 Å². The first kappa shape index (κ1) is 18.9. The zero-order valence-corrected chi connectivity index (χ0v) is 16.5. The van der Waals surface area contributed by atoms with Crippen LogP contribution in [0.15, 0.2) is 65.7 Å². The van der Waals surface area contributed by atoms with Crippen LogP contribution in [-0.4, -0.2) is 19.5 Å². The van der Waals surface area contributed by atoms with Gasteiger partial charge in [-0.25, -0.2) is 15.0 Å². The molecule has 0 fully saturated rings. The molecule has 0 aliphatic rings. The van der Waals surface area contributed by atoms with Crippen molar-refractivity contribution in [3.05, 3.63) is 82.1 Å². The molecule has 0 saturated heterocycles. The number of aromatic nitrogens is 4. The molecule has 0 aliphatic heterocycles. The molecule has 0 radical (unpaired) electrons. The van der Waals surface area contributed by atoms with Crippen LogP contribution in [0.5, 0.6) is 0 Å². The number of nitrogens with one attached hydrogen (secondary N) is 1. The highest BCUT2D eigenvalue weighted by Crippen LogP contribution is 2.26. The molecule has 3 N–H and O–H groups in total. The van der Waals surface area contributed by atoms with Crippen LogP contribution in [0.25, 0.3) is 16.6 Å². The van der Waals surface area contributed by atoms with Crippen LogP contribution in [0.4, 0.5) is 11.6 Å². The molecule has 29 heavy (non-hydrogen) atoms. The maximum absolute atomic E-state index is 13.5. The van der Waals surface area contributed by atoms with E-state index in [1.165, 1.54) is 6.33 Å². The van der Waals surface area contributed by atoms with Gasteiger partial charge in [0, 0.05) is 6.07 Å². The third-order valence-electron chi connectivity index (χ3n) is 4.62. The van der Waals surface area contributed by atoms with Crippen molar-refractivity contribution in [1.29, 1.82) is 0 Å². The molecule has 2 aromatic carbocycles. The molecule has 1 atom stereocenters. The summed E-state index contributed by atoms with van der Waals surface area (Å²) in [5.74, 6) is 1.48. The lowest BCUT2D eigenvalue weighted by atomic mass is 10.1. The second kappa shape index (κ2) is 7.89. The van der Waals surface area contributed by atoms with Crippen LogP contribution in [0.3, 0.4) is 0 Å². The summed E-state index contributed by atoms with van der Waals surface area (Å²) >= 11 is 6.33. The minimum absolute atomic E-state index is 0.218. The first-order valence-electron chi connectivity index (χ1n) is 9.19. The molecular weight excluding hydrogens is 388 g/mol. The van der Waals surface area contributed by atoms with Gasteiger partial charge in [0.1, 0.15) is 23.8 Å². The van der Waals surface area contributed by atoms with E-state index in [0.29, 0.717) is 45.5 Å². The Morgan fingerprint density at radius 2 is 1.93 bits per heavy atom. The lowest BCUT2D eigenvalue weighted by Crippen LogP contribution is -2.28. The number of benzene rings is 2. The van der Waals surface area contributed by atoms with Crippen molar-refractivity contribution in [3.8, 4) is 5.69 Å². The number of halogens is 1. The van der Waals surface area contributed by atoms with Gasteiger partial charge in [-0.3, -0.25) is 9.36 Å². The summed E-state index contributed by atoms with van der Waals surface area (Å²) in [6, 6.07) is 16.0. The second-order valence-corrected chi connectivity index (χ2v) is 6.92. The molecule has 7 nitrogen and oxygen atoms in total. The highest BCUT2D eigenvalue weighted by molar-refractivity contribution is 6.35. The molecule has 0 aliphatic carbocycles. The number of rotatable bonds is 5. The average molecular weight is 407 g/mol. The van der Waals surface area contributed by atoms with Gasteiger partial charge in [0.2, 0.25) is 0 Å². The first-order chi connectivity index (χ1) is 14.1. The molecule has 8 heteroatoms. The lowest BCUT2D eigenvalue weighted by Gasteiger charge is -2.22. The minimum Gasteiger partial charge on any atom is -0.384 e. The maximum Gasteiger partial charge on any atom is 0.267 e. The van der Waals surface area contributed by atoms with Crippen molar-refractivity contribution >= 4 is 34.1 Å². The molecule has 0 amide bonds. The first-order valence-corrected chi connectivity index (χ1v) is 9.57. The van der Waals surface area contributed by atoms with E-state index in [1.54, 1.807) is 28.8 Å². The fourth-order valence-electron chi connectivity index (χ4n) is 3.25. The van der Waals surface area contributed by atoms with E-state index in [0.717, 1.165) is 0 Å². The van der Waals surface area contributed by atoms with Crippen LogP contribution < -0.4 is 16.6 Å². The third-order valence-corrected chi connectivity index (χ3v) is 4.93. The average Bonchev–Trinajstić information content (AvgIpc) is 2.72. The summed E-state index contributed by atoms with van der Waals surface area (Å²) < 4.78 is 1.60. The number of nitrogens with two attached hydrogens (primary N) is 1. The SMILES string of the molecule is CC[C@@H](Nc1cc(N)ncn1)c1nc2cccc(Cl)c2c(=O)n1-c1ccccc1. The summed E-state index contributed by atoms with van der Waals surface area (Å²) in [7, 11) is 0. The monoisotopic (exact) mass is 406 g/mol. The Morgan fingerprint density at radius 1 is 1.14 bits per heavy atom. The van der Waals surface area contributed by atoms with Gasteiger partial charge in [-0.1, -0.05) is 42.8 Å². The van der Waals surface area contributed by atoms with E-state index in [9.17, 15) is 4.79 Å². The van der Waals surface area contributed by atoms with Crippen molar-refractivity contribution in [2.45, 2.75) is 19.4 Å². The minimum atomic E-state index is -0.291. The Kier molecular flexibility index (Phi) is 5.14. The third kappa shape index (κ3) is 3.64. The predicted molar refractivity (Wildman–Crippen MR) is 115 cm³/mol. The number of nitrogen functional groups attached to an aromatic ring is 1. The fraction of sp³-hybridized carbons (Fsp3) is 0.143. The van der Waals surface area contributed by atoms with Crippen LogP contribution in [-0.2, 0) is 0 Å². The number of hydrogen-bond donors (Lipinski definition) is 2. The van der Waals surface area contributed by atoms with Gasteiger partial charge in [0.25, 0.3) is 5.56 Å². The van der Waals surface area contributed by atoms with Gasteiger partial charge < -0.3 is 11.1 Å². The highest BCUT2D eigenvalue weighted by Gasteiger charge is 2.21. The number of fused-ring (bicyclic) bond motifs is 1. The van der Waals surface area contributed by atoms with Crippen LogP contribution in [0.2, 0.25) is 5.02 Å². The normalized spacial score (nSPS) is 12.1. The predicted octanol–water partition coefficient (Wildman–Crippen LogP) is 3.97. The molecule has 2 aromatic heterocycles. The molecule has 2 heterocycles. The summed E-state index contributed by atoms with van der Waals surface area (Å²) in [5, 5.41) is 4.08. The standard InChI is InChI=1S/C21H19ClN6O/c1-2-15(26-18-11-17(23)24-12-25-18)20-27-16-10-6-9-14(22)19(16)21(29)28(20)13-7-4-3-5-8-13/h3-12,15H,2H2,1H3,(H3,23,24,25,26)/t15-/m1/s1. The largest absolute Gasteiger partial charge is 0.384 e. The van der Waals surface area contributed by atoms with Gasteiger partial charge in [0.15, 0.2) is 0 Å². The van der Waals surface area contributed by atoms with E-state index >= 15 is 0 Å². The van der Waals surface area contributed by atoms with Gasteiger partial charge in [-0.05, 0) is 30.7 Å². The zero-order valence-electron chi connectivity index (χ0n) is 15.7. The number of anilines is 2. The van der Waals surface area contributed by atoms with Gasteiger partial charge in [0.05, 0.1) is 27.7 Å². The second-order valence-electron chi connectivity index (χ2n) is 6.51. The molecule has 0 unspecified atom stereocenters. The van der Waals surface area contributed by atoms with E-state index < -0.39 is 0 Å². The Bertz CT molecular complexity index is 1230.